The summed E-state index contributed by atoms with van der Waals surface area (Å²) in [6.07, 6.45) is 0. The second-order valence-corrected chi connectivity index (χ2v) is 4.50. The van der Waals surface area contributed by atoms with Gasteiger partial charge in [0.1, 0.15) is 0 Å². The van der Waals surface area contributed by atoms with Gasteiger partial charge in [0.25, 0.3) is 0 Å². The Kier molecular flexibility index (Phi) is 3.21. The van der Waals surface area contributed by atoms with Gasteiger partial charge in [-0.1, -0.05) is 20.8 Å². The fraction of sp³-hybridized carbons (Fsp3) is 0.889. The van der Waals surface area contributed by atoms with Gasteiger partial charge in [-0.05, 0) is 17.4 Å². The molecule has 5 heteroatoms. The van der Waals surface area contributed by atoms with E-state index in [0.29, 0.717) is 6.61 Å². The Morgan fingerprint density at radius 2 is 2.07 bits per heavy atom. The molecule has 1 unspecified atom stereocenters. The molecule has 0 aliphatic rings. The number of ether oxygens (including phenoxy) is 1. The van der Waals surface area contributed by atoms with Gasteiger partial charge >= 0.3 is 0 Å². The third-order valence-electron chi connectivity index (χ3n) is 1.99. The summed E-state index contributed by atoms with van der Waals surface area (Å²) < 4.78 is 6.90. The first-order chi connectivity index (χ1) is 6.46. The Morgan fingerprint density at radius 3 is 2.57 bits per heavy atom. The number of methoxy groups -OCH3 is 1. The molecule has 1 atom stereocenters. The molecule has 1 rings (SSSR count). The molecule has 80 valence electrons. The van der Waals surface area contributed by atoms with Crippen LogP contribution in [0.3, 0.4) is 0 Å². The van der Waals surface area contributed by atoms with Gasteiger partial charge in [0.2, 0.25) is 0 Å². The van der Waals surface area contributed by atoms with Gasteiger partial charge < -0.3 is 4.74 Å². The van der Waals surface area contributed by atoms with Crippen molar-refractivity contribution in [1.82, 2.24) is 20.2 Å². The molecule has 0 saturated carbocycles. The third kappa shape index (κ3) is 2.29. The Hall–Kier alpha value is -0.970. The molecule has 0 aliphatic carbocycles. The first kappa shape index (κ1) is 11.1. The van der Waals surface area contributed by atoms with E-state index >= 15 is 0 Å². The number of rotatable bonds is 3. The van der Waals surface area contributed by atoms with Crippen molar-refractivity contribution in [3.63, 3.8) is 0 Å². The minimum absolute atomic E-state index is 0.0362. The highest BCUT2D eigenvalue weighted by Gasteiger charge is 2.24. The summed E-state index contributed by atoms with van der Waals surface area (Å²) >= 11 is 0. The van der Waals surface area contributed by atoms with E-state index in [0.717, 1.165) is 5.82 Å². The number of hydrogen-bond donors (Lipinski definition) is 0. The second-order valence-electron chi connectivity index (χ2n) is 4.50. The summed E-state index contributed by atoms with van der Waals surface area (Å²) in [4.78, 5) is 0. The predicted octanol–water partition coefficient (Wildman–Crippen LogP) is 1.18. The highest BCUT2D eigenvalue weighted by atomic mass is 16.5. The van der Waals surface area contributed by atoms with Crippen LogP contribution in [0, 0.1) is 0 Å². The quantitative estimate of drug-likeness (QED) is 0.731. The Balaban J connectivity index is 2.93. The van der Waals surface area contributed by atoms with Crippen LogP contribution in [0.25, 0.3) is 0 Å². The number of tetrazole rings is 1. The minimum atomic E-state index is -0.0362. The average molecular weight is 198 g/mol. The summed E-state index contributed by atoms with van der Waals surface area (Å²) in [5.74, 6) is 0.891. The fourth-order valence-electron chi connectivity index (χ4n) is 1.30. The number of nitrogens with zero attached hydrogens (tertiary/aromatic N) is 4. The molecule has 0 aromatic carbocycles. The van der Waals surface area contributed by atoms with Crippen molar-refractivity contribution in [1.29, 1.82) is 0 Å². The van der Waals surface area contributed by atoms with Crippen LogP contribution in [0.2, 0.25) is 0 Å². The summed E-state index contributed by atoms with van der Waals surface area (Å²) in [6, 6.07) is 0.171. The molecule has 0 saturated heterocycles. The maximum Gasteiger partial charge on any atom is 0.156 e. The summed E-state index contributed by atoms with van der Waals surface area (Å²) in [5.41, 5.74) is -0.0362. The van der Waals surface area contributed by atoms with Crippen LogP contribution >= 0.6 is 0 Å². The standard InChI is InChI=1S/C9H18N4O/c1-7(6-14-5)13-8(9(2,3)4)10-11-12-13/h7H,6H2,1-5H3. The van der Waals surface area contributed by atoms with E-state index in [2.05, 4.69) is 36.3 Å². The van der Waals surface area contributed by atoms with E-state index in [1.165, 1.54) is 0 Å². The Labute approximate surface area is 84.4 Å². The van der Waals surface area contributed by atoms with Crippen molar-refractivity contribution < 1.29 is 4.74 Å². The molecule has 0 N–H and O–H groups in total. The lowest BCUT2D eigenvalue weighted by atomic mass is 9.95. The molecule has 1 aromatic heterocycles. The van der Waals surface area contributed by atoms with Gasteiger partial charge in [0.15, 0.2) is 5.82 Å². The molecule has 1 aromatic rings. The van der Waals surface area contributed by atoms with E-state index in [1.54, 1.807) is 7.11 Å². The summed E-state index contributed by atoms with van der Waals surface area (Å²) in [5, 5.41) is 11.7. The second kappa shape index (κ2) is 4.04. The van der Waals surface area contributed by atoms with Crippen LogP contribution in [-0.4, -0.2) is 33.9 Å². The molecule has 0 radical (unpaired) electrons. The monoisotopic (exact) mass is 198 g/mol. The minimum Gasteiger partial charge on any atom is -0.382 e. The Morgan fingerprint density at radius 1 is 1.43 bits per heavy atom. The average Bonchev–Trinajstić information content (AvgIpc) is 2.50. The van der Waals surface area contributed by atoms with Gasteiger partial charge in [0, 0.05) is 12.5 Å². The number of hydrogen-bond acceptors (Lipinski definition) is 4. The smallest absolute Gasteiger partial charge is 0.156 e. The molecule has 14 heavy (non-hydrogen) atoms. The molecule has 0 spiro atoms. The molecule has 0 aliphatic heterocycles. The SMILES string of the molecule is COCC(C)n1nnnc1C(C)(C)C. The van der Waals surface area contributed by atoms with Gasteiger partial charge in [-0.15, -0.1) is 5.10 Å². The Bertz CT molecular complexity index is 289. The van der Waals surface area contributed by atoms with Gasteiger partial charge in [-0.3, -0.25) is 0 Å². The van der Waals surface area contributed by atoms with Crippen molar-refractivity contribution in [3.05, 3.63) is 5.82 Å². The maximum absolute atomic E-state index is 5.08. The van der Waals surface area contributed by atoms with Crippen LogP contribution in [0.15, 0.2) is 0 Å². The lowest BCUT2D eigenvalue weighted by molar-refractivity contribution is 0.152. The van der Waals surface area contributed by atoms with E-state index in [-0.39, 0.29) is 11.5 Å². The van der Waals surface area contributed by atoms with Crippen molar-refractivity contribution in [3.8, 4) is 0 Å². The van der Waals surface area contributed by atoms with E-state index in [9.17, 15) is 0 Å². The van der Waals surface area contributed by atoms with Gasteiger partial charge in [-0.25, -0.2) is 4.68 Å². The zero-order chi connectivity index (χ0) is 10.8. The zero-order valence-corrected chi connectivity index (χ0v) is 9.48. The van der Waals surface area contributed by atoms with E-state index in [4.69, 9.17) is 4.74 Å². The van der Waals surface area contributed by atoms with E-state index in [1.807, 2.05) is 11.6 Å². The normalized spacial score (nSPS) is 14.4. The number of aromatic nitrogens is 4. The lowest BCUT2D eigenvalue weighted by Crippen LogP contribution is -2.23. The fourth-order valence-corrected chi connectivity index (χ4v) is 1.30. The van der Waals surface area contributed by atoms with Crippen LogP contribution in [0.4, 0.5) is 0 Å². The third-order valence-corrected chi connectivity index (χ3v) is 1.99. The van der Waals surface area contributed by atoms with Crippen LogP contribution in [-0.2, 0) is 10.2 Å². The predicted molar refractivity (Wildman–Crippen MR) is 53.1 cm³/mol. The van der Waals surface area contributed by atoms with Gasteiger partial charge in [0.05, 0.1) is 12.6 Å². The topological polar surface area (TPSA) is 52.8 Å². The first-order valence-electron chi connectivity index (χ1n) is 4.74. The molecular weight excluding hydrogens is 180 g/mol. The highest BCUT2D eigenvalue weighted by molar-refractivity contribution is 4.99. The lowest BCUT2D eigenvalue weighted by Gasteiger charge is -2.20. The maximum atomic E-state index is 5.08. The molecule has 0 fully saturated rings. The summed E-state index contributed by atoms with van der Waals surface area (Å²) in [6.45, 7) is 8.93. The van der Waals surface area contributed by atoms with E-state index < -0.39 is 0 Å². The molecular formula is C9H18N4O. The summed E-state index contributed by atoms with van der Waals surface area (Å²) in [7, 11) is 1.68. The zero-order valence-electron chi connectivity index (χ0n) is 9.48. The van der Waals surface area contributed by atoms with Crippen LogP contribution in [0.5, 0.6) is 0 Å². The van der Waals surface area contributed by atoms with Crippen LogP contribution < -0.4 is 0 Å². The highest BCUT2D eigenvalue weighted by Crippen LogP contribution is 2.21. The molecule has 0 bridgehead atoms. The van der Waals surface area contributed by atoms with Gasteiger partial charge in [-0.2, -0.15) is 0 Å². The molecule has 1 heterocycles. The van der Waals surface area contributed by atoms with Crippen molar-refractivity contribution in [2.24, 2.45) is 0 Å². The largest absolute Gasteiger partial charge is 0.382 e. The first-order valence-corrected chi connectivity index (χ1v) is 4.74. The van der Waals surface area contributed by atoms with Crippen molar-refractivity contribution in [2.75, 3.05) is 13.7 Å². The van der Waals surface area contributed by atoms with Crippen molar-refractivity contribution >= 4 is 0 Å². The van der Waals surface area contributed by atoms with Crippen molar-refractivity contribution in [2.45, 2.75) is 39.2 Å². The van der Waals surface area contributed by atoms with Crippen LogP contribution in [0.1, 0.15) is 39.6 Å². The molecule has 5 nitrogen and oxygen atoms in total. The molecule has 0 amide bonds.